The summed E-state index contributed by atoms with van der Waals surface area (Å²) in [5.74, 6) is 1.75. The molecule has 0 amide bonds. The highest BCUT2D eigenvalue weighted by Crippen LogP contribution is 2.45. The molecule has 0 atom stereocenters. The molecule has 0 N–H and O–H groups in total. The summed E-state index contributed by atoms with van der Waals surface area (Å²) in [6.45, 7) is 0. The molecule has 0 bridgehead atoms. The highest BCUT2D eigenvalue weighted by atomic mass is 16.3. The van der Waals surface area contributed by atoms with Gasteiger partial charge in [-0.05, 0) is 85.8 Å². The van der Waals surface area contributed by atoms with E-state index >= 15 is 0 Å². The van der Waals surface area contributed by atoms with E-state index in [1.54, 1.807) is 0 Å². The van der Waals surface area contributed by atoms with E-state index in [1.165, 1.54) is 16.2 Å². The Kier molecular flexibility index (Phi) is 8.15. The van der Waals surface area contributed by atoms with Crippen molar-refractivity contribution in [3.05, 3.63) is 212 Å². The number of nitrogens with zero attached hydrogens (tertiary/aromatic N) is 3. The quantitative estimate of drug-likeness (QED) is 0.167. The van der Waals surface area contributed by atoms with Gasteiger partial charge in [0.05, 0.1) is 0 Å². The van der Waals surface area contributed by atoms with Gasteiger partial charge >= 0.3 is 0 Å². The van der Waals surface area contributed by atoms with Gasteiger partial charge in [-0.1, -0.05) is 176 Å². The van der Waals surface area contributed by atoms with Crippen LogP contribution in [0.3, 0.4) is 0 Å². The Balaban J connectivity index is 0.997. The van der Waals surface area contributed by atoms with E-state index in [0.29, 0.717) is 17.5 Å². The molecule has 3 aromatic heterocycles. The van der Waals surface area contributed by atoms with Gasteiger partial charge in [0.2, 0.25) is 0 Å². The normalized spacial score (nSPS) is 11.8. The Morgan fingerprint density at radius 1 is 0.266 bits per heavy atom. The Labute approximate surface area is 367 Å². The minimum Gasteiger partial charge on any atom is -0.456 e. The van der Waals surface area contributed by atoms with Crippen molar-refractivity contribution >= 4 is 65.4 Å². The summed E-state index contributed by atoms with van der Waals surface area (Å²) in [5.41, 5.74) is 12.7. The Hall–Kier alpha value is -8.67. The molecule has 10 aromatic carbocycles. The van der Waals surface area contributed by atoms with Gasteiger partial charge in [0.25, 0.3) is 0 Å². The van der Waals surface area contributed by atoms with Gasteiger partial charge < -0.3 is 8.83 Å². The molecular weight excluding hydrogens is 783 g/mol. The summed E-state index contributed by atoms with van der Waals surface area (Å²) in [7, 11) is 0. The molecular formula is C59H35N3O2. The number of hydrogen-bond donors (Lipinski definition) is 0. The van der Waals surface area contributed by atoms with Gasteiger partial charge in [-0.15, -0.1) is 0 Å². The molecule has 0 unspecified atom stereocenters. The second-order valence-electron chi connectivity index (χ2n) is 16.3. The summed E-state index contributed by atoms with van der Waals surface area (Å²) >= 11 is 0. The predicted octanol–water partition coefficient (Wildman–Crippen LogP) is 16.0. The first-order chi connectivity index (χ1) is 31.7. The maximum absolute atomic E-state index is 6.64. The zero-order valence-electron chi connectivity index (χ0n) is 34.4. The van der Waals surface area contributed by atoms with Crippen molar-refractivity contribution in [3.63, 3.8) is 0 Å². The van der Waals surface area contributed by atoms with Crippen LogP contribution in [-0.2, 0) is 0 Å². The summed E-state index contributed by atoms with van der Waals surface area (Å²) in [6.07, 6.45) is 0. The molecule has 13 rings (SSSR count). The van der Waals surface area contributed by atoms with Gasteiger partial charge in [0, 0.05) is 43.8 Å². The van der Waals surface area contributed by atoms with Crippen LogP contribution in [0.5, 0.6) is 0 Å². The number of aromatic nitrogens is 3. The zero-order valence-corrected chi connectivity index (χ0v) is 34.4. The average Bonchev–Trinajstić information content (AvgIpc) is 3.93. The number of para-hydroxylation sites is 1. The largest absolute Gasteiger partial charge is 0.456 e. The highest BCUT2D eigenvalue weighted by molar-refractivity contribution is 6.18. The SMILES string of the molecule is c1ccc(-c2ccc(-c3nc(-c4ccc(-c5c(-c6ccc7ccccc7c6)ccc6oc7cc8ccccc8cc7c56)cc4)nc(-c4cccc5oc6ccccc6c45)n3)cc2)cc1. The van der Waals surface area contributed by atoms with Crippen LogP contribution in [-0.4, -0.2) is 15.0 Å². The standard InChI is InChI=1S/C59H35N3O2/c1-2-11-36(12-3-1)38-21-26-40(27-22-38)57-60-58(62-59(61-57)48-18-10-20-51-55(48)47-17-8-9-19-50(47)63-51)41-28-24-39(25-29-41)54-46(45-30-23-37-13-4-5-14-42(37)33-45)31-32-52-56(54)49-34-43-15-6-7-16-44(43)35-53(49)64-52/h1-35H. The number of hydrogen-bond acceptors (Lipinski definition) is 5. The van der Waals surface area contributed by atoms with E-state index in [9.17, 15) is 0 Å². The number of furan rings is 2. The topological polar surface area (TPSA) is 65.0 Å². The van der Waals surface area contributed by atoms with Crippen molar-refractivity contribution in [2.75, 3.05) is 0 Å². The zero-order chi connectivity index (χ0) is 42.1. The fourth-order valence-corrected chi connectivity index (χ4v) is 9.39. The van der Waals surface area contributed by atoms with Crippen LogP contribution in [0, 0.1) is 0 Å². The monoisotopic (exact) mass is 817 g/mol. The second kappa shape index (κ2) is 14.5. The lowest BCUT2D eigenvalue weighted by molar-refractivity contribution is 0.669. The molecule has 5 heteroatoms. The first-order valence-corrected chi connectivity index (χ1v) is 21.5. The third kappa shape index (κ3) is 5.98. The summed E-state index contributed by atoms with van der Waals surface area (Å²) in [5, 5.41) is 8.89. The minimum absolute atomic E-state index is 0.578. The van der Waals surface area contributed by atoms with E-state index in [-0.39, 0.29) is 0 Å². The van der Waals surface area contributed by atoms with E-state index in [2.05, 4.69) is 176 Å². The molecule has 3 heterocycles. The van der Waals surface area contributed by atoms with Crippen LogP contribution in [0.2, 0.25) is 0 Å². The molecule has 0 spiro atoms. The molecule has 64 heavy (non-hydrogen) atoms. The molecule has 0 aliphatic rings. The van der Waals surface area contributed by atoms with Gasteiger partial charge in [-0.3, -0.25) is 0 Å². The lowest BCUT2D eigenvalue weighted by atomic mass is 9.89. The van der Waals surface area contributed by atoms with Crippen LogP contribution >= 0.6 is 0 Å². The van der Waals surface area contributed by atoms with Crippen molar-refractivity contribution < 1.29 is 8.83 Å². The molecule has 0 aliphatic carbocycles. The van der Waals surface area contributed by atoms with Crippen molar-refractivity contribution in [3.8, 4) is 67.5 Å². The highest BCUT2D eigenvalue weighted by Gasteiger charge is 2.21. The lowest BCUT2D eigenvalue weighted by Gasteiger charge is -2.14. The van der Waals surface area contributed by atoms with Crippen LogP contribution in [0.4, 0.5) is 0 Å². The predicted molar refractivity (Wildman–Crippen MR) is 262 cm³/mol. The molecule has 5 nitrogen and oxygen atoms in total. The molecule has 298 valence electrons. The van der Waals surface area contributed by atoms with Gasteiger partial charge in [0.15, 0.2) is 17.5 Å². The van der Waals surface area contributed by atoms with E-state index < -0.39 is 0 Å². The Morgan fingerprint density at radius 2 is 0.812 bits per heavy atom. The maximum Gasteiger partial charge on any atom is 0.164 e. The fraction of sp³-hybridized carbons (Fsp3) is 0. The second-order valence-corrected chi connectivity index (χ2v) is 16.3. The first-order valence-electron chi connectivity index (χ1n) is 21.5. The van der Waals surface area contributed by atoms with E-state index in [4.69, 9.17) is 23.8 Å². The third-order valence-electron chi connectivity index (χ3n) is 12.5. The molecule has 0 radical (unpaired) electrons. The maximum atomic E-state index is 6.64. The summed E-state index contributed by atoms with van der Waals surface area (Å²) in [6, 6.07) is 74.1. The van der Waals surface area contributed by atoms with Crippen LogP contribution in [0.25, 0.3) is 133 Å². The number of benzene rings is 10. The fourth-order valence-electron chi connectivity index (χ4n) is 9.39. The van der Waals surface area contributed by atoms with Crippen LogP contribution in [0.15, 0.2) is 221 Å². The third-order valence-corrected chi connectivity index (χ3v) is 12.5. The van der Waals surface area contributed by atoms with Gasteiger partial charge in [-0.25, -0.2) is 15.0 Å². The van der Waals surface area contributed by atoms with Crippen molar-refractivity contribution in [1.82, 2.24) is 15.0 Å². The van der Waals surface area contributed by atoms with E-state index in [0.717, 1.165) is 99.3 Å². The Morgan fingerprint density at radius 3 is 1.58 bits per heavy atom. The summed E-state index contributed by atoms with van der Waals surface area (Å²) < 4.78 is 12.9. The lowest BCUT2D eigenvalue weighted by Crippen LogP contribution is -2.00. The molecule has 13 aromatic rings. The molecule has 0 aliphatic heterocycles. The van der Waals surface area contributed by atoms with Gasteiger partial charge in [-0.2, -0.15) is 0 Å². The molecule has 0 fully saturated rings. The smallest absolute Gasteiger partial charge is 0.164 e. The average molecular weight is 818 g/mol. The van der Waals surface area contributed by atoms with Crippen LogP contribution in [0.1, 0.15) is 0 Å². The van der Waals surface area contributed by atoms with Crippen LogP contribution < -0.4 is 0 Å². The Bertz CT molecular complexity index is 3940. The molecule has 0 saturated heterocycles. The minimum atomic E-state index is 0.578. The summed E-state index contributed by atoms with van der Waals surface area (Å²) in [4.78, 5) is 15.6. The van der Waals surface area contributed by atoms with Crippen molar-refractivity contribution in [1.29, 1.82) is 0 Å². The van der Waals surface area contributed by atoms with Crippen molar-refractivity contribution in [2.45, 2.75) is 0 Å². The van der Waals surface area contributed by atoms with Crippen molar-refractivity contribution in [2.24, 2.45) is 0 Å². The number of rotatable bonds is 6. The number of fused-ring (bicyclic) bond motifs is 8. The first kappa shape index (κ1) is 36.0. The van der Waals surface area contributed by atoms with Gasteiger partial charge in [0.1, 0.15) is 22.3 Å². The van der Waals surface area contributed by atoms with E-state index in [1.807, 2.05) is 36.4 Å². The molecule has 0 saturated carbocycles.